The summed E-state index contributed by atoms with van der Waals surface area (Å²) in [5.41, 5.74) is 0.440. The van der Waals surface area contributed by atoms with Crippen LogP contribution in [-0.2, 0) is 10.0 Å². The number of Topliss-reactive ketones (excluding diaryl/α,β-unsaturated/α-hetero) is 1. The molecule has 114 valence electrons. The molecule has 2 aromatic carbocycles. The maximum absolute atomic E-state index is 12.2. The van der Waals surface area contributed by atoms with Gasteiger partial charge in [0.2, 0.25) is 0 Å². The van der Waals surface area contributed by atoms with Crippen LogP contribution in [0.4, 0.5) is 5.69 Å². The van der Waals surface area contributed by atoms with Crippen molar-refractivity contribution in [1.82, 2.24) is 0 Å². The van der Waals surface area contributed by atoms with Gasteiger partial charge < -0.3 is 9.90 Å². The molecule has 0 radical (unpaired) electrons. The van der Waals surface area contributed by atoms with Gasteiger partial charge in [-0.05, 0) is 36.8 Å². The standard InChI is InChI=1S/C15H13NO5S/c1-10(17)12-3-2-4-14(9-12)22(20,21)16-13-7-5-11(6-8-13)15(18)19/h2-9,16H,1H3,(H,18,19)/p-1. The summed E-state index contributed by atoms with van der Waals surface area (Å²) in [6.45, 7) is 1.35. The highest BCUT2D eigenvalue weighted by molar-refractivity contribution is 7.92. The molecule has 0 fully saturated rings. The number of nitrogens with one attached hydrogen (secondary N) is 1. The predicted octanol–water partition coefficient (Wildman–Crippen LogP) is 1.05. The summed E-state index contributed by atoms with van der Waals surface area (Å²) in [5, 5.41) is 10.6. The van der Waals surface area contributed by atoms with Crippen LogP contribution in [0.25, 0.3) is 0 Å². The molecule has 0 bridgehead atoms. The molecule has 2 rings (SSSR count). The van der Waals surface area contributed by atoms with Crippen LogP contribution in [0.3, 0.4) is 0 Å². The highest BCUT2D eigenvalue weighted by Gasteiger charge is 2.15. The van der Waals surface area contributed by atoms with E-state index < -0.39 is 16.0 Å². The molecule has 6 nitrogen and oxygen atoms in total. The molecule has 0 aliphatic heterocycles. The van der Waals surface area contributed by atoms with Crippen molar-refractivity contribution in [2.24, 2.45) is 0 Å². The molecule has 0 aliphatic carbocycles. The molecule has 0 saturated heterocycles. The van der Waals surface area contributed by atoms with Crippen LogP contribution in [-0.4, -0.2) is 20.2 Å². The second kappa shape index (κ2) is 5.98. The number of rotatable bonds is 5. The monoisotopic (exact) mass is 318 g/mol. The van der Waals surface area contributed by atoms with E-state index >= 15 is 0 Å². The van der Waals surface area contributed by atoms with Gasteiger partial charge in [0.05, 0.1) is 10.9 Å². The van der Waals surface area contributed by atoms with E-state index in [0.717, 1.165) is 0 Å². The molecule has 0 heterocycles. The summed E-state index contributed by atoms with van der Waals surface area (Å²) in [4.78, 5) is 21.9. The van der Waals surface area contributed by atoms with Crippen molar-refractivity contribution >= 4 is 27.5 Å². The van der Waals surface area contributed by atoms with E-state index in [0.29, 0.717) is 0 Å². The SMILES string of the molecule is CC(=O)c1cccc(S(=O)(=O)Nc2ccc(C(=O)[O-])cc2)c1. The van der Waals surface area contributed by atoms with Gasteiger partial charge in [-0.1, -0.05) is 24.3 Å². The minimum atomic E-state index is -3.87. The Balaban J connectivity index is 2.29. The van der Waals surface area contributed by atoms with Gasteiger partial charge in [0, 0.05) is 11.3 Å². The molecule has 7 heteroatoms. The van der Waals surface area contributed by atoms with Crippen molar-refractivity contribution in [3.05, 3.63) is 59.7 Å². The largest absolute Gasteiger partial charge is 0.545 e. The fourth-order valence-corrected chi connectivity index (χ4v) is 2.87. The van der Waals surface area contributed by atoms with Crippen LogP contribution in [0.2, 0.25) is 0 Å². The maximum atomic E-state index is 12.2. The first-order valence-corrected chi connectivity index (χ1v) is 7.73. The number of carbonyl (C=O) groups is 2. The second-order valence-electron chi connectivity index (χ2n) is 4.55. The summed E-state index contributed by atoms with van der Waals surface area (Å²) < 4.78 is 26.8. The number of hydrogen-bond donors (Lipinski definition) is 1. The second-order valence-corrected chi connectivity index (χ2v) is 6.24. The van der Waals surface area contributed by atoms with E-state index in [9.17, 15) is 23.1 Å². The van der Waals surface area contributed by atoms with Crippen LogP contribution in [0.5, 0.6) is 0 Å². The number of sulfonamides is 1. The molecule has 0 spiro atoms. The molecule has 2 aromatic rings. The number of carboxylic acid groups (broad SMARTS) is 1. The minimum Gasteiger partial charge on any atom is -0.545 e. The van der Waals surface area contributed by atoms with Gasteiger partial charge in [-0.2, -0.15) is 0 Å². The Kier molecular flexibility index (Phi) is 4.27. The third kappa shape index (κ3) is 3.50. The zero-order valence-electron chi connectivity index (χ0n) is 11.6. The normalized spacial score (nSPS) is 11.0. The van der Waals surface area contributed by atoms with Gasteiger partial charge in [0.25, 0.3) is 10.0 Å². The van der Waals surface area contributed by atoms with Crippen LogP contribution in [0.1, 0.15) is 27.6 Å². The van der Waals surface area contributed by atoms with E-state index in [-0.39, 0.29) is 27.5 Å². The van der Waals surface area contributed by atoms with Crippen molar-refractivity contribution in [2.75, 3.05) is 4.72 Å². The van der Waals surface area contributed by atoms with E-state index in [4.69, 9.17) is 0 Å². The van der Waals surface area contributed by atoms with Gasteiger partial charge in [-0.15, -0.1) is 0 Å². The molecule has 0 aromatic heterocycles. The quantitative estimate of drug-likeness (QED) is 0.830. The van der Waals surface area contributed by atoms with Crippen molar-refractivity contribution in [3.63, 3.8) is 0 Å². The van der Waals surface area contributed by atoms with Crippen LogP contribution >= 0.6 is 0 Å². The van der Waals surface area contributed by atoms with E-state index in [1.165, 1.54) is 55.5 Å². The summed E-state index contributed by atoms with van der Waals surface area (Å²) in [6, 6.07) is 10.7. The molecule has 0 amide bonds. The molecule has 1 N–H and O–H groups in total. The highest BCUT2D eigenvalue weighted by atomic mass is 32.2. The predicted molar refractivity (Wildman–Crippen MR) is 78.0 cm³/mol. The lowest BCUT2D eigenvalue weighted by Crippen LogP contribution is -2.22. The molecule has 22 heavy (non-hydrogen) atoms. The first-order valence-electron chi connectivity index (χ1n) is 6.25. The Labute approximate surface area is 127 Å². The zero-order valence-corrected chi connectivity index (χ0v) is 12.4. The van der Waals surface area contributed by atoms with Crippen LogP contribution < -0.4 is 9.83 Å². The maximum Gasteiger partial charge on any atom is 0.261 e. The molecule has 0 aliphatic rings. The number of ketones is 1. The van der Waals surface area contributed by atoms with Gasteiger partial charge in [0.1, 0.15) is 0 Å². The van der Waals surface area contributed by atoms with Gasteiger partial charge in [-0.3, -0.25) is 9.52 Å². The van der Waals surface area contributed by atoms with Crippen molar-refractivity contribution < 1.29 is 23.1 Å². The van der Waals surface area contributed by atoms with Gasteiger partial charge >= 0.3 is 0 Å². The Morgan fingerprint density at radius 1 is 1.00 bits per heavy atom. The Morgan fingerprint density at radius 3 is 2.18 bits per heavy atom. The average Bonchev–Trinajstić information content (AvgIpc) is 2.47. The van der Waals surface area contributed by atoms with Crippen molar-refractivity contribution in [1.29, 1.82) is 0 Å². The van der Waals surface area contributed by atoms with Crippen molar-refractivity contribution in [3.8, 4) is 0 Å². The Hall–Kier alpha value is -2.67. The highest BCUT2D eigenvalue weighted by Crippen LogP contribution is 2.18. The Bertz CT molecular complexity index is 825. The smallest absolute Gasteiger partial charge is 0.261 e. The summed E-state index contributed by atoms with van der Waals surface area (Å²) in [7, 11) is -3.87. The molecule has 0 saturated carbocycles. The first-order chi connectivity index (χ1) is 10.3. The van der Waals surface area contributed by atoms with Gasteiger partial charge in [-0.25, -0.2) is 8.42 Å². The summed E-state index contributed by atoms with van der Waals surface area (Å²) >= 11 is 0. The lowest BCUT2D eigenvalue weighted by Gasteiger charge is -2.10. The summed E-state index contributed by atoms with van der Waals surface area (Å²) in [5.74, 6) is -1.58. The number of carbonyl (C=O) groups excluding carboxylic acids is 2. The molecule has 0 atom stereocenters. The average molecular weight is 318 g/mol. The summed E-state index contributed by atoms with van der Waals surface area (Å²) in [6.07, 6.45) is 0. The van der Waals surface area contributed by atoms with Crippen molar-refractivity contribution in [2.45, 2.75) is 11.8 Å². The topological polar surface area (TPSA) is 103 Å². The zero-order chi connectivity index (χ0) is 16.3. The molecular formula is C15H12NO5S-. The number of carboxylic acids is 1. The number of anilines is 1. The third-order valence-electron chi connectivity index (χ3n) is 2.92. The van der Waals surface area contributed by atoms with Crippen LogP contribution in [0, 0.1) is 0 Å². The minimum absolute atomic E-state index is 0.0517. The number of aromatic carboxylic acids is 1. The van der Waals surface area contributed by atoms with E-state index in [1.807, 2.05) is 0 Å². The fourth-order valence-electron chi connectivity index (χ4n) is 1.77. The van der Waals surface area contributed by atoms with E-state index in [2.05, 4.69) is 4.72 Å². The molecular weight excluding hydrogens is 306 g/mol. The molecule has 0 unspecified atom stereocenters. The fraction of sp³-hybridized carbons (Fsp3) is 0.0667. The van der Waals surface area contributed by atoms with Gasteiger partial charge in [0.15, 0.2) is 5.78 Å². The first kappa shape index (κ1) is 15.7. The van der Waals surface area contributed by atoms with E-state index in [1.54, 1.807) is 0 Å². The lowest BCUT2D eigenvalue weighted by atomic mass is 10.2. The lowest BCUT2D eigenvalue weighted by molar-refractivity contribution is -0.255. The number of benzene rings is 2. The Morgan fingerprint density at radius 2 is 1.64 bits per heavy atom. The number of hydrogen-bond acceptors (Lipinski definition) is 5. The van der Waals surface area contributed by atoms with Crippen LogP contribution in [0.15, 0.2) is 53.4 Å². The third-order valence-corrected chi connectivity index (χ3v) is 4.30.